The second-order valence-corrected chi connectivity index (χ2v) is 8.35. The van der Waals surface area contributed by atoms with E-state index in [2.05, 4.69) is 15.5 Å². The second kappa shape index (κ2) is 7.56. The van der Waals surface area contributed by atoms with Gasteiger partial charge in [-0.25, -0.2) is 8.42 Å². The third-order valence-corrected chi connectivity index (χ3v) is 6.61. The molecule has 0 bridgehead atoms. The van der Waals surface area contributed by atoms with Gasteiger partial charge < -0.3 is 4.74 Å². The van der Waals surface area contributed by atoms with Gasteiger partial charge in [-0.3, -0.25) is 10.1 Å². The summed E-state index contributed by atoms with van der Waals surface area (Å²) in [4.78, 5) is 12.4. The first kappa shape index (κ1) is 17.9. The molecule has 134 valence electrons. The standard InChI is InChI=1S/C15H18N4O4S2/c1-2-13-17-18-15(24-13)16-14(20)11-3-5-12(6-4-11)25(21,22)19-7-9-23-10-8-19/h3-6H,2,7-10H2,1H3,(H,16,18,20). The highest BCUT2D eigenvalue weighted by Crippen LogP contribution is 2.19. The van der Waals surface area contributed by atoms with Crippen molar-refractivity contribution in [3.63, 3.8) is 0 Å². The smallest absolute Gasteiger partial charge is 0.257 e. The van der Waals surface area contributed by atoms with Crippen molar-refractivity contribution in [1.82, 2.24) is 14.5 Å². The molecule has 2 aromatic rings. The average Bonchev–Trinajstić information content (AvgIpc) is 3.10. The molecule has 1 N–H and O–H groups in total. The molecular weight excluding hydrogens is 364 g/mol. The lowest BCUT2D eigenvalue weighted by Gasteiger charge is -2.26. The lowest BCUT2D eigenvalue weighted by atomic mass is 10.2. The van der Waals surface area contributed by atoms with Crippen LogP contribution in [0.5, 0.6) is 0 Å². The zero-order chi connectivity index (χ0) is 17.9. The molecule has 2 heterocycles. The van der Waals surface area contributed by atoms with E-state index in [1.807, 2.05) is 6.92 Å². The predicted octanol–water partition coefficient (Wildman–Crippen LogP) is 1.37. The largest absolute Gasteiger partial charge is 0.379 e. The van der Waals surface area contributed by atoms with Crippen molar-refractivity contribution in [1.29, 1.82) is 0 Å². The fourth-order valence-electron chi connectivity index (χ4n) is 2.33. The van der Waals surface area contributed by atoms with E-state index in [1.54, 1.807) is 0 Å². The normalized spacial score (nSPS) is 15.9. The Kier molecular flexibility index (Phi) is 5.42. The number of aryl methyl sites for hydroxylation is 1. The molecule has 0 atom stereocenters. The minimum Gasteiger partial charge on any atom is -0.379 e. The van der Waals surface area contributed by atoms with E-state index in [-0.39, 0.29) is 10.8 Å². The van der Waals surface area contributed by atoms with Crippen molar-refractivity contribution in [2.75, 3.05) is 31.6 Å². The molecule has 0 aliphatic carbocycles. The quantitative estimate of drug-likeness (QED) is 0.838. The van der Waals surface area contributed by atoms with E-state index in [0.717, 1.165) is 11.4 Å². The number of morpholine rings is 1. The van der Waals surface area contributed by atoms with Crippen LogP contribution in [0.2, 0.25) is 0 Å². The Morgan fingerprint density at radius 1 is 1.24 bits per heavy atom. The van der Waals surface area contributed by atoms with Gasteiger partial charge >= 0.3 is 0 Å². The number of aromatic nitrogens is 2. The van der Waals surface area contributed by atoms with Gasteiger partial charge in [0.25, 0.3) is 5.91 Å². The van der Waals surface area contributed by atoms with Gasteiger partial charge in [-0.05, 0) is 30.7 Å². The van der Waals surface area contributed by atoms with E-state index < -0.39 is 10.0 Å². The third kappa shape index (κ3) is 4.03. The summed E-state index contributed by atoms with van der Waals surface area (Å²) < 4.78 is 31.7. The van der Waals surface area contributed by atoms with Crippen molar-refractivity contribution in [3.05, 3.63) is 34.8 Å². The minimum absolute atomic E-state index is 0.162. The molecule has 0 radical (unpaired) electrons. The molecule has 3 rings (SSSR count). The number of rotatable bonds is 5. The molecule has 1 aliphatic heterocycles. The van der Waals surface area contributed by atoms with Crippen LogP contribution in [0.25, 0.3) is 0 Å². The van der Waals surface area contributed by atoms with E-state index in [0.29, 0.717) is 37.0 Å². The highest BCUT2D eigenvalue weighted by atomic mass is 32.2. The molecule has 10 heteroatoms. The number of carbonyl (C=O) groups is 1. The number of amides is 1. The van der Waals surface area contributed by atoms with Gasteiger partial charge in [0.2, 0.25) is 15.2 Å². The van der Waals surface area contributed by atoms with Gasteiger partial charge in [0.15, 0.2) is 0 Å². The molecule has 1 aromatic heterocycles. The van der Waals surface area contributed by atoms with Crippen LogP contribution in [0.3, 0.4) is 0 Å². The number of anilines is 1. The number of sulfonamides is 1. The fraction of sp³-hybridized carbons (Fsp3) is 0.400. The van der Waals surface area contributed by atoms with Crippen LogP contribution >= 0.6 is 11.3 Å². The Morgan fingerprint density at radius 2 is 1.92 bits per heavy atom. The monoisotopic (exact) mass is 382 g/mol. The summed E-state index contributed by atoms with van der Waals surface area (Å²) in [5.41, 5.74) is 0.356. The number of ether oxygens (including phenoxy) is 1. The van der Waals surface area contributed by atoms with Crippen molar-refractivity contribution >= 4 is 32.4 Å². The SMILES string of the molecule is CCc1nnc(NC(=O)c2ccc(S(=O)(=O)N3CCOCC3)cc2)s1. The van der Waals surface area contributed by atoms with Crippen LogP contribution in [-0.2, 0) is 21.2 Å². The number of hydrogen-bond acceptors (Lipinski definition) is 7. The first-order chi connectivity index (χ1) is 12.0. The van der Waals surface area contributed by atoms with Crippen molar-refractivity contribution < 1.29 is 17.9 Å². The highest BCUT2D eigenvalue weighted by molar-refractivity contribution is 7.89. The Labute approximate surface area is 149 Å². The van der Waals surface area contributed by atoms with Crippen LogP contribution in [0, 0.1) is 0 Å². The number of benzene rings is 1. The summed E-state index contributed by atoms with van der Waals surface area (Å²) in [6.45, 7) is 3.41. The van der Waals surface area contributed by atoms with Crippen LogP contribution in [0.4, 0.5) is 5.13 Å². The molecule has 0 unspecified atom stereocenters. The molecule has 1 aromatic carbocycles. The first-order valence-corrected chi connectivity index (χ1v) is 10.1. The molecule has 1 fully saturated rings. The summed E-state index contributed by atoms with van der Waals surface area (Å²) >= 11 is 1.31. The number of hydrogen-bond donors (Lipinski definition) is 1. The van der Waals surface area contributed by atoms with Crippen molar-refractivity contribution in [3.8, 4) is 0 Å². The zero-order valence-corrected chi connectivity index (χ0v) is 15.3. The highest BCUT2D eigenvalue weighted by Gasteiger charge is 2.26. The second-order valence-electron chi connectivity index (χ2n) is 5.35. The molecule has 1 aliphatic rings. The van der Waals surface area contributed by atoms with E-state index >= 15 is 0 Å². The maximum atomic E-state index is 12.5. The van der Waals surface area contributed by atoms with Gasteiger partial charge in [0.05, 0.1) is 18.1 Å². The van der Waals surface area contributed by atoms with Gasteiger partial charge in [-0.15, -0.1) is 10.2 Å². The minimum atomic E-state index is -3.56. The number of nitrogens with one attached hydrogen (secondary N) is 1. The Bertz CT molecular complexity index is 843. The maximum absolute atomic E-state index is 12.5. The lowest BCUT2D eigenvalue weighted by molar-refractivity contribution is 0.0730. The fourth-order valence-corrected chi connectivity index (χ4v) is 4.41. The average molecular weight is 382 g/mol. The first-order valence-electron chi connectivity index (χ1n) is 7.82. The third-order valence-electron chi connectivity index (χ3n) is 3.71. The summed E-state index contributed by atoms with van der Waals surface area (Å²) in [5, 5.41) is 11.8. The van der Waals surface area contributed by atoms with Crippen molar-refractivity contribution in [2.24, 2.45) is 0 Å². The molecule has 0 spiro atoms. The van der Waals surface area contributed by atoms with Gasteiger partial charge in [-0.2, -0.15) is 4.31 Å². The van der Waals surface area contributed by atoms with Gasteiger partial charge in [-0.1, -0.05) is 18.3 Å². The predicted molar refractivity (Wildman–Crippen MR) is 93.3 cm³/mol. The van der Waals surface area contributed by atoms with Gasteiger partial charge in [0.1, 0.15) is 5.01 Å². The molecule has 25 heavy (non-hydrogen) atoms. The zero-order valence-electron chi connectivity index (χ0n) is 13.6. The van der Waals surface area contributed by atoms with Gasteiger partial charge in [0, 0.05) is 18.7 Å². The Hall–Kier alpha value is -1.88. The van der Waals surface area contributed by atoms with Crippen LogP contribution in [0.15, 0.2) is 29.2 Å². The Morgan fingerprint density at radius 3 is 2.52 bits per heavy atom. The van der Waals surface area contributed by atoms with Crippen LogP contribution < -0.4 is 5.32 Å². The molecule has 1 amide bonds. The van der Waals surface area contributed by atoms with E-state index in [9.17, 15) is 13.2 Å². The van der Waals surface area contributed by atoms with E-state index in [1.165, 1.54) is 39.9 Å². The summed E-state index contributed by atoms with van der Waals surface area (Å²) in [5.74, 6) is -0.353. The van der Waals surface area contributed by atoms with Crippen LogP contribution in [-0.4, -0.2) is 55.1 Å². The molecular formula is C15H18N4O4S2. The topological polar surface area (TPSA) is 101 Å². The summed E-state index contributed by atoms with van der Waals surface area (Å²) in [7, 11) is -3.56. The molecule has 0 saturated carbocycles. The van der Waals surface area contributed by atoms with Crippen LogP contribution in [0.1, 0.15) is 22.3 Å². The summed E-state index contributed by atoms with van der Waals surface area (Å²) in [6, 6.07) is 5.86. The Balaban J connectivity index is 1.71. The number of nitrogens with zero attached hydrogens (tertiary/aromatic N) is 3. The maximum Gasteiger partial charge on any atom is 0.257 e. The van der Waals surface area contributed by atoms with Crippen molar-refractivity contribution in [2.45, 2.75) is 18.2 Å². The molecule has 8 nitrogen and oxygen atoms in total. The summed E-state index contributed by atoms with van der Waals surface area (Å²) in [6.07, 6.45) is 0.752. The number of carbonyl (C=O) groups excluding carboxylic acids is 1. The van der Waals surface area contributed by atoms with E-state index in [4.69, 9.17) is 4.74 Å². The lowest BCUT2D eigenvalue weighted by Crippen LogP contribution is -2.40. The molecule has 1 saturated heterocycles.